The van der Waals surface area contributed by atoms with Gasteiger partial charge in [0.2, 0.25) is 5.91 Å². The molecule has 2 atom stereocenters. The maximum Gasteiger partial charge on any atom is 0.410 e. The van der Waals surface area contributed by atoms with Gasteiger partial charge in [-0.15, -0.1) is 11.3 Å². The Kier molecular flexibility index (Phi) is 6.33. The van der Waals surface area contributed by atoms with E-state index in [9.17, 15) is 14.9 Å². The van der Waals surface area contributed by atoms with Crippen molar-refractivity contribution in [3.8, 4) is 6.07 Å². The van der Waals surface area contributed by atoms with Gasteiger partial charge in [0.1, 0.15) is 17.2 Å². The first-order chi connectivity index (χ1) is 15.0. The van der Waals surface area contributed by atoms with Crippen molar-refractivity contribution >= 4 is 34.4 Å². The molecule has 1 aliphatic heterocycles. The lowest BCUT2D eigenvalue weighted by Gasteiger charge is -2.27. The van der Waals surface area contributed by atoms with Crippen LogP contribution in [0.25, 0.3) is 6.08 Å². The molecule has 0 spiro atoms. The zero-order valence-electron chi connectivity index (χ0n) is 17.3. The quantitative estimate of drug-likeness (QED) is 0.727. The van der Waals surface area contributed by atoms with E-state index in [1.54, 1.807) is 29.4 Å². The molecule has 1 N–H and O–H groups in total. The Bertz CT molecular complexity index is 1040. The van der Waals surface area contributed by atoms with E-state index in [4.69, 9.17) is 4.74 Å². The number of rotatable bonds is 4. The third kappa shape index (κ3) is 4.78. The number of aromatic nitrogens is 1. The van der Waals surface area contributed by atoms with E-state index in [0.717, 1.165) is 35.4 Å². The Hall–Kier alpha value is -3.18. The molecule has 0 saturated carbocycles. The van der Waals surface area contributed by atoms with E-state index in [1.807, 2.05) is 13.0 Å². The molecular weight excluding hydrogens is 412 g/mol. The molecule has 1 saturated heterocycles. The maximum atomic E-state index is 12.5. The first-order valence-electron chi connectivity index (χ1n) is 10.5. The summed E-state index contributed by atoms with van der Waals surface area (Å²) in [6.07, 6.45) is 9.93. The van der Waals surface area contributed by atoms with Crippen molar-refractivity contribution in [3.05, 3.63) is 52.2 Å². The average molecular weight is 437 g/mol. The van der Waals surface area contributed by atoms with Gasteiger partial charge >= 0.3 is 6.09 Å². The first kappa shape index (κ1) is 21.1. The monoisotopic (exact) mass is 436 g/mol. The number of ether oxygens (including phenoxy) is 1. The van der Waals surface area contributed by atoms with Crippen LogP contribution < -0.4 is 5.32 Å². The number of hydrogen-bond acceptors (Lipinski definition) is 6. The predicted molar refractivity (Wildman–Crippen MR) is 119 cm³/mol. The van der Waals surface area contributed by atoms with Crippen LogP contribution in [0.2, 0.25) is 0 Å². The van der Waals surface area contributed by atoms with Crippen LogP contribution in [0.15, 0.2) is 30.6 Å². The van der Waals surface area contributed by atoms with E-state index in [2.05, 4.69) is 16.4 Å². The molecular formula is C23H24N4O3S. The second-order valence-electron chi connectivity index (χ2n) is 7.86. The van der Waals surface area contributed by atoms with Crippen LogP contribution in [-0.2, 0) is 22.4 Å². The fourth-order valence-electron chi connectivity index (χ4n) is 4.08. The van der Waals surface area contributed by atoms with Crippen LogP contribution in [0, 0.1) is 11.3 Å². The number of hydrogen-bond donors (Lipinski definition) is 1. The number of fused-ring (bicyclic) bond motifs is 1. The number of carbonyl (C=O) groups excluding carboxylic acids is 2. The molecule has 2 aromatic rings. The van der Waals surface area contributed by atoms with Gasteiger partial charge in [-0.25, -0.2) is 4.79 Å². The number of amides is 2. The molecule has 3 heterocycles. The van der Waals surface area contributed by atoms with Crippen LogP contribution in [0.3, 0.4) is 0 Å². The van der Waals surface area contributed by atoms with Crippen molar-refractivity contribution in [2.24, 2.45) is 0 Å². The van der Waals surface area contributed by atoms with Crippen molar-refractivity contribution in [3.63, 3.8) is 0 Å². The standard InChI is InChI=1S/C23H24N4O3S/c1-15-4-3-11-27(15)23(29)30-17-7-8-18-19(13-24)22(31-20(18)12-17)26-21(28)9-6-16-5-2-10-25-14-16/h2,5-6,9-10,14-15,17H,3-4,7-8,11-12H2,1H3,(H,26,28). The van der Waals surface area contributed by atoms with E-state index in [-0.39, 0.29) is 24.1 Å². The van der Waals surface area contributed by atoms with Gasteiger partial charge in [-0.05, 0) is 55.9 Å². The van der Waals surface area contributed by atoms with Crippen molar-refractivity contribution in [2.75, 3.05) is 11.9 Å². The topological polar surface area (TPSA) is 95.3 Å². The van der Waals surface area contributed by atoms with Gasteiger partial charge in [0.25, 0.3) is 0 Å². The molecule has 2 aliphatic rings. The lowest BCUT2D eigenvalue weighted by molar-refractivity contribution is -0.111. The minimum Gasteiger partial charge on any atom is -0.446 e. The smallest absolute Gasteiger partial charge is 0.410 e. The Labute approximate surface area is 185 Å². The summed E-state index contributed by atoms with van der Waals surface area (Å²) in [6, 6.07) is 6.11. The van der Waals surface area contributed by atoms with E-state index in [1.165, 1.54) is 17.4 Å². The van der Waals surface area contributed by atoms with Crippen molar-refractivity contribution in [2.45, 2.75) is 51.2 Å². The molecule has 2 unspecified atom stereocenters. The molecule has 1 fully saturated rings. The van der Waals surface area contributed by atoms with E-state index < -0.39 is 0 Å². The maximum absolute atomic E-state index is 12.5. The summed E-state index contributed by atoms with van der Waals surface area (Å²) >= 11 is 1.39. The van der Waals surface area contributed by atoms with E-state index in [0.29, 0.717) is 29.8 Å². The number of pyridine rings is 1. The Balaban J connectivity index is 1.42. The minimum atomic E-state index is -0.301. The average Bonchev–Trinajstić information content (AvgIpc) is 3.35. The largest absolute Gasteiger partial charge is 0.446 e. The summed E-state index contributed by atoms with van der Waals surface area (Å²) in [5.41, 5.74) is 2.29. The highest BCUT2D eigenvalue weighted by molar-refractivity contribution is 7.16. The van der Waals surface area contributed by atoms with Gasteiger partial charge in [-0.1, -0.05) is 6.07 Å². The molecule has 7 nitrogen and oxygen atoms in total. The molecule has 0 bridgehead atoms. The number of likely N-dealkylation sites (tertiary alicyclic amines) is 1. The van der Waals surface area contributed by atoms with Gasteiger partial charge in [0.05, 0.1) is 5.56 Å². The highest BCUT2D eigenvalue weighted by Gasteiger charge is 2.32. The van der Waals surface area contributed by atoms with Gasteiger partial charge in [0, 0.05) is 42.4 Å². The van der Waals surface area contributed by atoms with Crippen LogP contribution in [-0.4, -0.2) is 40.6 Å². The van der Waals surface area contributed by atoms with Crippen molar-refractivity contribution in [1.82, 2.24) is 9.88 Å². The number of carbonyl (C=O) groups is 2. The molecule has 160 valence electrons. The highest BCUT2D eigenvalue weighted by atomic mass is 32.1. The lowest BCUT2D eigenvalue weighted by Crippen LogP contribution is -2.37. The zero-order chi connectivity index (χ0) is 21.8. The third-order valence-electron chi connectivity index (χ3n) is 5.74. The Morgan fingerprint density at radius 2 is 2.29 bits per heavy atom. The lowest BCUT2D eigenvalue weighted by atomic mass is 9.94. The van der Waals surface area contributed by atoms with Crippen molar-refractivity contribution < 1.29 is 14.3 Å². The molecule has 31 heavy (non-hydrogen) atoms. The number of nitrogens with one attached hydrogen (secondary N) is 1. The minimum absolute atomic E-state index is 0.202. The zero-order valence-corrected chi connectivity index (χ0v) is 18.2. The first-order valence-corrected chi connectivity index (χ1v) is 11.3. The van der Waals surface area contributed by atoms with Gasteiger partial charge < -0.3 is 15.0 Å². The Morgan fingerprint density at radius 3 is 3.00 bits per heavy atom. The summed E-state index contributed by atoms with van der Waals surface area (Å²) in [5, 5.41) is 13.0. The molecule has 8 heteroatoms. The number of nitriles is 1. The number of nitrogens with zero attached hydrogens (tertiary/aromatic N) is 3. The highest BCUT2D eigenvalue weighted by Crippen LogP contribution is 2.38. The molecule has 0 radical (unpaired) electrons. The van der Waals surface area contributed by atoms with Crippen LogP contribution in [0.5, 0.6) is 0 Å². The molecule has 2 aromatic heterocycles. The summed E-state index contributed by atoms with van der Waals surface area (Å²) in [7, 11) is 0. The number of anilines is 1. The van der Waals surface area contributed by atoms with Gasteiger partial charge in [-0.3, -0.25) is 9.78 Å². The van der Waals surface area contributed by atoms with Gasteiger partial charge in [-0.2, -0.15) is 5.26 Å². The molecule has 0 aromatic carbocycles. The summed E-state index contributed by atoms with van der Waals surface area (Å²) in [4.78, 5) is 31.7. The predicted octanol–water partition coefficient (Wildman–Crippen LogP) is 4.14. The molecule has 1 aliphatic carbocycles. The van der Waals surface area contributed by atoms with Crippen LogP contribution in [0.4, 0.5) is 9.80 Å². The van der Waals surface area contributed by atoms with E-state index >= 15 is 0 Å². The Morgan fingerprint density at radius 1 is 1.42 bits per heavy atom. The summed E-state index contributed by atoms with van der Waals surface area (Å²) in [5.74, 6) is -0.301. The van der Waals surface area contributed by atoms with Crippen LogP contribution in [0.1, 0.15) is 47.8 Å². The molecule has 4 rings (SSSR count). The second-order valence-corrected chi connectivity index (χ2v) is 8.97. The summed E-state index contributed by atoms with van der Waals surface area (Å²) < 4.78 is 5.76. The summed E-state index contributed by atoms with van der Waals surface area (Å²) in [6.45, 7) is 2.79. The van der Waals surface area contributed by atoms with Gasteiger partial charge in [0.15, 0.2) is 0 Å². The third-order valence-corrected chi connectivity index (χ3v) is 6.90. The van der Waals surface area contributed by atoms with Crippen LogP contribution >= 0.6 is 11.3 Å². The second kappa shape index (κ2) is 9.31. The normalized spacial score (nSPS) is 20.3. The fraction of sp³-hybridized carbons (Fsp3) is 0.391. The van der Waals surface area contributed by atoms with Crippen molar-refractivity contribution in [1.29, 1.82) is 5.26 Å². The molecule has 2 amide bonds. The fourth-order valence-corrected chi connectivity index (χ4v) is 5.34. The number of thiophene rings is 1. The SMILES string of the molecule is CC1CCCN1C(=O)OC1CCc2c(sc(NC(=O)C=Cc3cccnc3)c2C#N)C1.